The van der Waals surface area contributed by atoms with Crippen LogP contribution in [0.4, 0.5) is 0 Å². The van der Waals surface area contributed by atoms with Crippen molar-refractivity contribution < 1.29 is 5.11 Å². The predicted molar refractivity (Wildman–Crippen MR) is 67.3 cm³/mol. The van der Waals surface area contributed by atoms with E-state index in [2.05, 4.69) is 39.0 Å². The second-order valence-corrected chi connectivity index (χ2v) is 5.60. The molecule has 0 heterocycles. The van der Waals surface area contributed by atoms with Gasteiger partial charge in [-0.15, -0.1) is 0 Å². The largest absolute Gasteiger partial charge is 0.385 e. The van der Waals surface area contributed by atoms with E-state index in [1.807, 2.05) is 6.07 Å². The van der Waals surface area contributed by atoms with Crippen LogP contribution in [0.5, 0.6) is 0 Å². The van der Waals surface area contributed by atoms with Crippen LogP contribution in [0.2, 0.25) is 0 Å². The molecule has 0 bridgehead atoms. The van der Waals surface area contributed by atoms with Crippen LogP contribution in [-0.4, -0.2) is 5.11 Å². The molecule has 1 N–H and O–H groups in total. The summed E-state index contributed by atoms with van der Waals surface area (Å²) >= 11 is 0. The lowest BCUT2D eigenvalue weighted by atomic mass is 9.70. The van der Waals surface area contributed by atoms with E-state index in [1.54, 1.807) is 0 Å². The first-order valence-corrected chi connectivity index (χ1v) is 6.31. The number of rotatable bonds is 1. The van der Waals surface area contributed by atoms with E-state index in [9.17, 15) is 5.11 Å². The molecule has 0 spiro atoms. The van der Waals surface area contributed by atoms with Gasteiger partial charge in [-0.2, -0.15) is 0 Å². The molecule has 0 radical (unpaired) electrons. The summed E-state index contributed by atoms with van der Waals surface area (Å²) in [5, 5.41) is 10.8. The Labute approximate surface area is 98.5 Å². The quantitative estimate of drug-likeness (QED) is 0.763. The van der Waals surface area contributed by atoms with Crippen LogP contribution in [-0.2, 0) is 5.60 Å². The molecular weight excluding hydrogens is 196 g/mol. The Kier molecular flexibility index (Phi) is 3.07. The normalized spacial score (nSPS) is 35.0. The van der Waals surface area contributed by atoms with E-state index in [-0.39, 0.29) is 0 Å². The molecule has 1 nitrogen and oxygen atoms in total. The van der Waals surface area contributed by atoms with Crippen LogP contribution < -0.4 is 0 Å². The Bertz CT molecular complexity index is 371. The molecule has 1 aliphatic carbocycles. The fraction of sp³-hybridized carbons (Fsp3) is 0.600. The van der Waals surface area contributed by atoms with E-state index in [1.165, 1.54) is 5.56 Å². The summed E-state index contributed by atoms with van der Waals surface area (Å²) < 4.78 is 0. The SMILES string of the molecule is Cc1cccc(C2(O)CCC(C)C(C)C2)c1. The Balaban J connectivity index is 2.26. The second-order valence-electron chi connectivity index (χ2n) is 5.60. The summed E-state index contributed by atoms with van der Waals surface area (Å²) in [5.41, 5.74) is 1.75. The maximum Gasteiger partial charge on any atom is 0.0899 e. The summed E-state index contributed by atoms with van der Waals surface area (Å²) in [7, 11) is 0. The van der Waals surface area contributed by atoms with Gasteiger partial charge in [-0.05, 0) is 43.6 Å². The summed E-state index contributed by atoms with van der Waals surface area (Å²) in [6, 6.07) is 8.32. The molecule has 1 aromatic rings. The summed E-state index contributed by atoms with van der Waals surface area (Å²) in [5.74, 6) is 1.35. The zero-order valence-corrected chi connectivity index (χ0v) is 10.5. The average Bonchev–Trinajstić information content (AvgIpc) is 2.24. The van der Waals surface area contributed by atoms with Gasteiger partial charge in [0.1, 0.15) is 0 Å². The van der Waals surface area contributed by atoms with Gasteiger partial charge in [0.05, 0.1) is 5.60 Å². The van der Waals surface area contributed by atoms with Gasteiger partial charge in [0.25, 0.3) is 0 Å². The zero-order valence-electron chi connectivity index (χ0n) is 10.5. The molecule has 0 aliphatic heterocycles. The third-order valence-electron chi connectivity index (χ3n) is 4.20. The van der Waals surface area contributed by atoms with Crippen LogP contribution in [0.15, 0.2) is 24.3 Å². The fourth-order valence-corrected chi connectivity index (χ4v) is 2.78. The summed E-state index contributed by atoms with van der Waals surface area (Å²) in [4.78, 5) is 0. The molecule has 88 valence electrons. The van der Waals surface area contributed by atoms with Gasteiger partial charge in [-0.1, -0.05) is 43.7 Å². The van der Waals surface area contributed by atoms with Crippen molar-refractivity contribution in [1.82, 2.24) is 0 Å². The Hall–Kier alpha value is -0.820. The molecule has 1 fully saturated rings. The minimum atomic E-state index is -0.585. The lowest BCUT2D eigenvalue weighted by Crippen LogP contribution is -2.35. The first-order chi connectivity index (χ1) is 7.51. The average molecular weight is 218 g/mol. The van der Waals surface area contributed by atoms with Crippen LogP contribution in [0, 0.1) is 18.8 Å². The highest BCUT2D eigenvalue weighted by Gasteiger charge is 2.37. The molecule has 0 aromatic heterocycles. The van der Waals surface area contributed by atoms with Crippen molar-refractivity contribution in [3.63, 3.8) is 0 Å². The topological polar surface area (TPSA) is 20.2 Å². The Morgan fingerprint density at radius 3 is 2.62 bits per heavy atom. The van der Waals surface area contributed by atoms with Gasteiger partial charge in [-0.3, -0.25) is 0 Å². The third-order valence-corrected chi connectivity index (χ3v) is 4.20. The Morgan fingerprint density at radius 1 is 1.25 bits per heavy atom. The van der Waals surface area contributed by atoms with E-state index < -0.39 is 5.60 Å². The van der Waals surface area contributed by atoms with Crippen molar-refractivity contribution in [3.8, 4) is 0 Å². The number of hydrogen-bond acceptors (Lipinski definition) is 1. The molecule has 1 aromatic carbocycles. The second kappa shape index (κ2) is 4.21. The van der Waals surface area contributed by atoms with E-state index in [0.29, 0.717) is 5.92 Å². The number of benzene rings is 1. The molecule has 1 heteroatoms. The summed E-state index contributed by atoms with van der Waals surface area (Å²) in [6.45, 7) is 6.63. The molecule has 0 amide bonds. The third kappa shape index (κ3) is 2.15. The van der Waals surface area contributed by atoms with Crippen molar-refractivity contribution in [1.29, 1.82) is 0 Å². The smallest absolute Gasteiger partial charge is 0.0899 e. The molecule has 3 atom stereocenters. The van der Waals surface area contributed by atoms with Gasteiger partial charge in [0.2, 0.25) is 0 Å². The molecule has 1 aliphatic rings. The van der Waals surface area contributed by atoms with Crippen molar-refractivity contribution in [3.05, 3.63) is 35.4 Å². The molecule has 3 unspecified atom stereocenters. The Morgan fingerprint density at radius 2 is 2.00 bits per heavy atom. The van der Waals surface area contributed by atoms with E-state index in [4.69, 9.17) is 0 Å². The van der Waals surface area contributed by atoms with Crippen molar-refractivity contribution in [2.75, 3.05) is 0 Å². The van der Waals surface area contributed by atoms with Crippen LogP contribution >= 0.6 is 0 Å². The first-order valence-electron chi connectivity index (χ1n) is 6.31. The van der Waals surface area contributed by atoms with Crippen LogP contribution in [0.3, 0.4) is 0 Å². The van der Waals surface area contributed by atoms with Crippen LogP contribution in [0.25, 0.3) is 0 Å². The monoisotopic (exact) mass is 218 g/mol. The van der Waals surface area contributed by atoms with Crippen molar-refractivity contribution >= 4 is 0 Å². The number of aryl methyl sites for hydroxylation is 1. The van der Waals surface area contributed by atoms with Gasteiger partial charge in [-0.25, -0.2) is 0 Å². The maximum atomic E-state index is 10.8. The minimum absolute atomic E-state index is 0.585. The lowest BCUT2D eigenvalue weighted by molar-refractivity contribution is -0.0336. The highest BCUT2D eigenvalue weighted by atomic mass is 16.3. The molecule has 0 saturated heterocycles. The highest BCUT2D eigenvalue weighted by molar-refractivity contribution is 5.28. The van der Waals surface area contributed by atoms with Gasteiger partial charge >= 0.3 is 0 Å². The van der Waals surface area contributed by atoms with Crippen molar-refractivity contribution in [2.24, 2.45) is 11.8 Å². The van der Waals surface area contributed by atoms with Gasteiger partial charge in [0.15, 0.2) is 0 Å². The minimum Gasteiger partial charge on any atom is -0.385 e. The van der Waals surface area contributed by atoms with E-state index >= 15 is 0 Å². The molecular formula is C15H22O. The maximum absolute atomic E-state index is 10.8. The lowest BCUT2D eigenvalue weighted by Gasteiger charge is -2.39. The van der Waals surface area contributed by atoms with Crippen LogP contribution in [0.1, 0.15) is 44.2 Å². The number of hydrogen-bond donors (Lipinski definition) is 1. The first kappa shape index (κ1) is 11.7. The molecule has 16 heavy (non-hydrogen) atoms. The molecule has 2 rings (SSSR count). The zero-order chi connectivity index (χ0) is 11.8. The molecule has 1 saturated carbocycles. The highest BCUT2D eigenvalue weighted by Crippen LogP contribution is 2.42. The fourth-order valence-electron chi connectivity index (χ4n) is 2.78. The standard InChI is InChI=1S/C15H22O/c1-11-5-4-6-14(9-11)15(16)8-7-12(2)13(3)10-15/h4-6,9,12-13,16H,7-8,10H2,1-3H3. The number of aliphatic hydroxyl groups is 1. The van der Waals surface area contributed by atoms with E-state index in [0.717, 1.165) is 30.7 Å². The van der Waals surface area contributed by atoms with Gasteiger partial charge < -0.3 is 5.11 Å². The van der Waals surface area contributed by atoms with Gasteiger partial charge in [0, 0.05) is 0 Å². The predicted octanol–water partition coefficient (Wildman–Crippen LogP) is 3.64. The summed E-state index contributed by atoms with van der Waals surface area (Å²) in [6.07, 6.45) is 2.94. The van der Waals surface area contributed by atoms with Crippen molar-refractivity contribution in [2.45, 2.75) is 45.6 Å².